The first-order chi connectivity index (χ1) is 12.2. The Hall–Kier alpha value is -2.30. The molecule has 1 fully saturated rings. The van der Waals surface area contributed by atoms with Gasteiger partial charge in [-0.15, -0.1) is 0 Å². The Morgan fingerprint density at radius 2 is 2.12 bits per heavy atom. The molecule has 134 valence electrons. The highest BCUT2D eigenvalue weighted by Crippen LogP contribution is 2.21. The fourth-order valence-corrected chi connectivity index (χ4v) is 3.31. The quantitative estimate of drug-likeness (QED) is 0.670. The molecule has 5 nitrogen and oxygen atoms in total. The molecule has 1 saturated heterocycles. The van der Waals surface area contributed by atoms with Crippen molar-refractivity contribution in [3.8, 4) is 0 Å². The zero-order valence-electron chi connectivity index (χ0n) is 15.5. The maximum absolute atomic E-state index is 5.64. The van der Waals surface area contributed by atoms with Crippen molar-refractivity contribution in [1.82, 2.24) is 15.2 Å². The Bertz CT molecular complexity index is 688. The van der Waals surface area contributed by atoms with E-state index in [0.29, 0.717) is 18.4 Å². The second kappa shape index (κ2) is 8.19. The number of hydrogen-bond donors (Lipinski definition) is 1. The van der Waals surface area contributed by atoms with Crippen molar-refractivity contribution < 1.29 is 4.42 Å². The number of aryl methyl sites for hydroxylation is 2. The molecule has 0 aliphatic carbocycles. The van der Waals surface area contributed by atoms with Crippen LogP contribution in [0.4, 0.5) is 0 Å². The van der Waals surface area contributed by atoms with Crippen LogP contribution < -0.4 is 5.32 Å². The minimum atomic E-state index is 0.483. The predicted octanol–water partition coefficient (Wildman–Crippen LogP) is 3.32. The molecule has 0 bridgehead atoms. The summed E-state index contributed by atoms with van der Waals surface area (Å²) in [4.78, 5) is 11.5. The van der Waals surface area contributed by atoms with Crippen LogP contribution in [0.3, 0.4) is 0 Å². The summed E-state index contributed by atoms with van der Waals surface area (Å²) in [5.41, 5.74) is 2.36. The minimum absolute atomic E-state index is 0.483. The van der Waals surface area contributed by atoms with Gasteiger partial charge in [-0.25, -0.2) is 9.98 Å². The SMILES string of the molecule is CCNC(=NCc1nc(C)c(C)o1)N1CCC(Cc2ccccc2)C1. The smallest absolute Gasteiger partial charge is 0.216 e. The molecule has 5 heteroatoms. The molecule has 2 aromatic rings. The molecule has 1 N–H and O–H groups in total. The van der Waals surface area contributed by atoms with Crippen molar-refractivity contribution in [2.75, 3.05) is 19.6 Å². The summed E-state index contributed by atoms with van der Waals surface area (Å²) in [5.74, 6) is 3.20. The van der Waals surface area contributed by atoms with Gasteiger partial charge in [-0.1, -0.05) is 30.3 Å². The third-order valence-electron chi connectivity index (χ3n) is 4.72. The second-order valence-corrected chi connectivity index (χ2v) is 6.71. The summed E-state index contributed by atoms with van der Waals surface area (Å²) in [6, 6.07) is 10.7. The second-order valence-electron chi connectivity index (χ2n) is 6.71. The summed E-state index contributed by atoms with van der Waals surface area (Å²) in [6.07, 6.45) is 2.34. The van der Waals surface area contributed by atoms with Crippen LogP contribution >= 0.6 is 0 Å². The predicted molar refractivity (Wildman–Crippen MR) is 101 cm³/mol. The van der Waals surface area contributed by atoms with E-state index in [9.17, 15) is 0 Å². The molecule has 25 heavy (non-hydrogen) atoms. The zero-order chi connectivity index (χ0) is 17.6. The van der Waals surface area contributed by atoms with E-state index in [2.05, 4.69) is 52.5 Å². The van der Waals surface area contributed by atoms with E-state index in [-0.39, 0.29) is 0 Å². The van der Waals surface area contributed by atoms with Crippen LogP contribution in [0.2, 0.25) is 0 Å². The first-order valence-corrected chi connectivity index (χ1v) is 9.15. The highest BCUT2D eigenvalue weighted by molar-refractivity contribution is 5.80. The number of rotatable bonds is 5. The van der Waals surface area contributed by atoms with Gasteiger partial charge in [0, 0.05) is 19.6 Å². The van der Waals surface area contributed by atoms with E-state index in [1.165, 1.54) is 12.0 Å². The summed E-state index contributed by atoms with van der Waals surface area (Å²) >= 11 is 0. The zero-order valence-corrected chi connectivity index (χ0v) is 15.5. The molecule has 0 saturated carbocycles. The average Bonchev–Trinajstić information content (AvgIpc) is 3.19. The molecule has 1 aliphatic rings. The largest absolute Gasteiger partial charge is 0.444 e. The standard InChI is InChI=1S/C20H28N4O/c1-4-21-20(22-13-19-23-15(2)16(3)25-19)24-11-10-18(14-24)12-17-8-6-5-7-9-17/h5-9,18H,4,10-14H2,1-3H3,(H,21,22). The number of likely N-dealkylation sites (tertiary alicyclic amines) is 1. The molecule has 1 aromatic carbocycles. The van der Waals surface area contributed by atoms with Gasteiger partial charge >= 0.3 is 0 Å². The van der Waals surface area contributed by atoms with Crippen molar-refractivity contribution >= 4 is 5.96 Å². The monoisotopic (exact) mass is 340 g/mol. The van der Waals surface area contributed by atoms with Gasteiger partial charge in [0.15, 0.2) is 5.96 Å². The highest BCUT2D eigenvalue weighted by atomic mass is 16.4. The maximum Gasteiger partial charge on any atom is 0.216 e. The van der Waals surface area contributed by atoms with Crippen LogP contribution in [0.5, 0.6) is 0 Å². The van der Waals surface area contributed by atoms with Crippen molar-refractivity contribution in [1.29, 1.82) is 0 Å². The van der Waals surface area contributed by atoms with Crippen LogP contribution in [0, 0.1) is 19.8 Å². The molecule has 2 heterocycles. The molecule has 0 spiro atoms. The Balaban J connectivity index is 1.61. The Kier molecular flexibility index (Phi) is 5.74. The third kappa shape index (κ3) is 4.62. The lowest BCUT2D eigenvalue weighted by Crippen LogP contribution is -2.40. The molecule has 0 radical (unpaired) electrons. The molecule has 0 amide bonds. The van der Waals surface area contributed by atoms with Crippen LogP contribution in [0.1, 0.15) is 36.3 Å². The summed E-state index contributed by atoms with van der Waals surface area (Å²) < 4.78 is 5.64. The maximum atomic E-state index is 5.64. The molecular formula is C20H28N4O. The fraction of sp³-hybridized carbons (Fsp3) is 0.500. The summed E-state index contributed by atoms with van der Waals surface area (Å²) in [5, 5.41) is 3.41. The van der Waals surface area contributed by atoms with Gasteiger partial charge in [0.25, 0.3) is 0 Å². The van der Waals surface area contributed by atoms with Gasteiger partial charge < -0.3 is 14.6 Å². The van der Waals surface area contributed by atoms with Crippen molar-refractivity contribution in [2.45, 2.75) is 40.2 Å². The summed E-state index contributed by atoms with van der Waals surface area (Å²) in [6.45, 7) is 9.45. The fourth-order valence-electron chi connectivity index (χ4n) is 3.31. The number of hydrogen-bond acceptors (Lipinski definition) is 3. The van der Waals surface area contributed by atoms with E-state index in [1.54, 1.807) is 0 Å². The lowest BCUT2D eigenvalue weighted by Gasteiger charge is -2.21. The van der Waals surface area contributed by atoms with Gasteiger partial charge in [-0.05, 0) is 45.1 Å². The number of aliphatic imine (C=N–C) groups is 1. The topological polar surface area (TPSA) is 53.7 Å². The highest BCUT2D eigenvalue weighted by Gasteiger charge is 2.25. The molecular weight excluding hydrogens is 312 g/mol. The number of aromatic nitrogens is 1. The van der Waals surface area contributed by atoms with Gasteiger partial charge in [0.05, 0.1) is 5.69 Å². The van der Waals surface area contributed by atoms with E-state index < -0.39 is 0 Å². The van der Waals surface area contributed by atoms with E-state index in [0.717, 1.165) is 43.5 Å². The van der Waals surface area contributed by atoms with Crippen molar-refractivity contribution in [2.24, 2.45) is 10.9 Å². The van der Waals surface area contributed by atoms with Gasteiger partial charge in [-0.3, -0.25) is 0 Å². The number of nitrogens with zero attached hydrogens (tertiary/aromatic N) is 3. The lowest BCUT2D eigenvalue weighted by atomic mass is 9.99. The van der Waals surface area contributed by atoms with Crippen LogP contribution in [0.25, 0.3) is 0 Å². The Labute approximate surface area is 150 Å². The molecule has 3 rings (SSSR count). The lowest BCUT2D eigenvalue weighted by molar-refractivity contribution is 0.450. The Morgan fingerprint density at radius 3 is 2.80 bits per heavy atom. The molecule has 1 aliphatic heterocycles. The van der Waals surface area contributed by atoms with Crippen LogP contribution in [-0.4, -0.2) is 35.5 Å². The first kappa shape index (κ1) is 17.5. The normalized spacial score (nSPS) is 18.0. The molecule has 1 aromatic heterocycles. The average molecular weight is 340 g/mol. The summed E-state index contributed by atoms with van der Waals surface area (Å²) in [7, 11) is 0. The molecule has 1 atom stereocenters. The Morgan fingerprint density at radius 1 is 1.32 bits per heavy atom. The first-order valence-electron chi connectivity index (χ1n) is 9.15. The third-order valence-corrected chi connectivity index (χ3v) is 4.72. The number of oxazole rings is 1. The number of guanidine groups is 1. The van der Waals surface area contributed by atoms with E-state index in [1.807, 2.05) is 13.8 Å². The van der Waals surface area contributed by atoms with Crippen molar-refractivity contribution in [3.05, 3.63) is 53.2 Å². The number of benzene rings is 1. The number of nitrogens with one attached hydrogen (secondary N) is 1. The van der Waals surface area contributed by atoms with Gasteiger partial charge in [-0.2, -0.15) is 0 Å². The van der Waals surface area contributed by atoms with E-state index >= 15 is 0 Å². The van der Waals surface area contributed by atoms with Crippen molar-refractivity contribution in [3.63, 3.8) is 0 Å². The van der Waals surface area contributed by atoms with Crippen LogP contribution in [-0.2, 0) is 13.0 Å². The minimum Gasteiger partial charge on any atom is -0.444 e. The van der Waals surface area contributed by atoms with Crippen LogP contribution in [0.15, 0.2) is 39.7 Å². The van der Waals surface area contributed by atoms with Gasteiger partial charge in [0.1, 0.15) is 12.3 Å². The van der Waals surface area contributed by atoms with E-state index in [4.69, 9.17) is 9.41 Å². The molecule has 1 unspecified atom stereocenters. The van der Waals surface area contributed by atoms with Gasteiger partial charge in [0.2, 0.25) is 5.89 Å².